The molecule has 0 aliphatic carbocycles. The lowest BCUT2D eigenvalue weighted by atomic mass is 10.0. The summed E-state index contributed by atoms with van der Waals surface area (Å²) in [7, 11) is 0. The van der Waals surface area contributed by atoms with Crippen molar-refractivity contribution >= 4 is 5.97 Å². The highest BCUT2D eigenvalue weighted by molar-refractivity contribution is 5.66. The van der Waals surface area contributed by atoms with Gasteiger partial charge in [-0.15, -0.1) is 0 Å². The lowest BCUT2D eigenvalue weighted by Crippen LogP contribution is -2.48. The van der Waals surface area contributed by atoms with Gasteiger partial charge in [0.1, 0.15) is 6.10 Å². The van der Waals surface area contributed by atoms with Gasteiger partial charge in [0, 0.05) is 12.8 Å². The van der Waals surface area contributed by atoms with Gasteiger partial charge >= 0.3 is 5.97 Å². The molecule has 0 unspecified atom stereocenters. The van der Waals surface area contributed by atoms with Crippen molar-refractivity contribution in [1.29, 1.82) is 0 Å². The molecule has 0 aromatic carbocycles. The summed E-state index contributed by atoms with van der Waals surface area (Å²) in [5.41, 5.74) is 0. The van der Waals surface area contributed by atoms with Gasteiger partial charge < -0.3 is 24.8 Å². The van der Waals surface area contributed by atoms with E-state index in [1.807, 2.05) is 0 Å². The smallest absolute Gasteiger partial charge is 0.303 e. The Morgan fingerprint density at radius 1 is 1.47 bits per heavy atom. The van der Waals surface area contributed by atoms with Gasteiger partial charge in [-0.05, 0) is 20.3 Å². The first-order valence-electron chi connectivity index (χ1n) is 5.79. The third-order valence-electron chi connectivity index (χ3n) is 2.82. The fourth-order valence-corrected chi connectivity index (χ4v) is 1.69. The predicted octanol–water partition coefficient (Wildman–Crippen LogP) is 0.113. The average molecular weight is 248 g/mol. The summed E-state index contributed by atoms with van der Waals surface area (Å²) in [6.45, 7) is 3.43. The van der Waals surface area contributed by atoms with Crippen molar-refractivity contribution < 1.29 is 29.6 Å². The Labute approximate surface area is 100 Å². The first-order chi connectivity index (χ1) is 7.90. The highest BCUT2D eigenvalue weighted by Crippen LogP contribution is 2.22. The molecule has 0 saturated carbocycles. The van der Waals surface area contributed by atoms with Crippen LogP contribution in [-0.4, -0.2) is 52.0 Å². The number of aliphatic carboxylic acids is 1. The van der Waals surface area contributed by atoms with E-state index in [4.69, 9.17) is 14.6 Å². The Kier molecular flexibility index (Phi) is 5.32. The van der Waals surface area contributed by atoms with Crippen molar-refractivity contribution in [3.05, 3.63) is 0 Å². The van der Waals surface area contributed by atoms with Crippen molar-refractivity contribution in [3.63, 3.8) is 0 Å². The molecule has 0 spiro atoms. The molecule has 17 heavy (non-hydrogen) atoms. The maximum absolute atomic E-state index is 10.4. The number of aliphatic hydroxyl groups is 2. The molecule has 1 aliphatic heterocycles. The van der Waals surface area contributed by atoms with E-state index in [0.717, 1.165) is 0 Å². The number of carboxylic acids is 1. The van der Waals surface area contributed by atoms with E-state index in [2.05, 4.69) is 0 Å². The van der Waals surface area contributed by atoms with Gasteiger partial charge in [0.2, 0.25) is 0 Å². The standard InChI is InChI=1S/C11H20O6/c1-6(3-4-10(14)15)16-11-9(13)5-8(12)7(2)17-11/h6-9,11-13H,3-5H2,1-2H3,(H,14,15)/t6-,7-,8+,9-,11+/m1/s1. The molecule has 0 radical (unpaired) electrons. The second-order valence-corrected chi connectivity index (χ2v) is 4.46. The van der Waals surface area contributed by atoms with Gasteiger partial charge in [0.15, 0.2) is 6.29 Å². The third-order valence-corrected chi connectivity index (χ3v) is 2.82. The first-order valence-corrected chi connectivity index (χ1v) is 5.79. The van der Waals surface area contributed by atoms with Crippen LogP contribution in [0.1, 0.15) is 33.1 Å². The summed E-state index contributed by atoms with van der Waals surface area (Å²) in [6.07, 6.45) is -2.49. The zero-order valence-electron chi connectivity index (χ0n) is 10.1. The molecule has 0 aromatic heterocycles. The van der Waals surface area contributed by atoms with Gasteiger partial charge in [-0.25, -0.2) is 0 Å². The monoisotopic (exact) mass is 248 g/mol. The minimum Gasteiger partial charge on any atom is -0.481 e. The molecule has 0 amide bonds. The lowest BCUT2D eigenvalue weighted by Gasteiger charge is -2.36. The molecule has 1 saturated heterocycles. The Bertz CT molecular complexity index is 256. The van der Waals surface area contributed by atoms with Crippen LogP contribution in [0, 0.1) is 0 Å². The zero-order chi connectivity index (χ0) is 13.0. The normalized spacial score (nSPS) is 35.5. The van der Waals surface area contributed by atoms with Crippen LogP contribution >= 0.6 is 0 Å². The SMILES string of the molecule is C[C@H](CCC(=O)O)O[C@H]1O[C@H](C)[C@@H](O)C[C@H]1O. The second kappa shape index (κ2) is 6.30. The summed E-state index contributed by atoms with van der Waals surface area (Å²) in [4.78, 5) is 10.4. The van der Waals surface area contributed by atoms with Crippen LogP contribution in [0.15, 0.2) is 0 Å². The van der Waals surface area contributed by atoms with Crippen molar-refractivity contribution in [1.82, 2.24) is 0 Å². The fraction of sp³-hybridized carbons (Fsp3) is 0.909. The molecule has 3 N–H and O–H groups in total. The Morgan fingerprint density at radius 3 is 2.71 bits per heavy atom. The van der Waals surface area contributed by atoms with Gasteiger partial charge in [0.25, 0.3) is 0 Å². The van der Waals surface area contributed by atoms with Crippen LogP contribution in [0.5, 0.6) is 0 Å². The molecule has 5 atom stereocenters. The van der Waals surface area contributed by atoms with Gasteiger partial charge in [-0.2, -0.15) is 0 Å². The summed E-state index contributed by atoms with van der Waals surface area (Å²) in [5.74, 6) is -0.880. The molecular formula is C11H20O6. The molecule has 1 aliphatic rings. The van der Waals surface area contributed by atoms with Crippen LogP contribution in [-0.2, 0) is 14.3 Å². The second-order valence-electron chi connectivity index (χ2n) is 4.46. The predicted molar refractivity (Wildman–Crippen MR) is 58.4 cm³/mol. The Morgan fingerprint density at radius 2 is 2.12 bits per heavy atom. The van der Waals surface area contributed by atoms with E-state index in [1.54, 1.807) is 13.8 Å². The molecule has 1 heterocycles. The number of ether oxygens (including phenoxy) is 2. The quantitative estimate of drug-likeness (QED) is 0.639. The maximum Gasteiger partial charge on any atom is 0.303 e. The molecular weight excluding hydrogens is 228 g/mol. The van der Waals surface area contributed by atoms with Crippen LogP contribution < -0.4 is 0 Å². The van der Waals surface area contributed by atoms with E-state index >= 15 is 0 Å². The van der Waals surface area contributed by atoms with Crippen molar-refractivity contribution in [2.24, 2.45) is 0 Å². The molecule has 6 nitrogen and oxygen atoms in total. The minimum absolute atomic E-state index is 0.0160. The number of aliphatic hydroxyl groups excluding tert-OH is 2. The van der Waals surface area contributed by atoms with Gasteiger partial charge in [0.05, 0.1) is 18.3 Å². The summed E-state index contributed by atoms with van der Waals surface area (Å²) in [6, 6.07) is 0. The number of hydrogen-bond donors (Lipinski definition) is 3. The van der Waals surface area contributed by atoms with E-state index < -0.39 is 30.6 Å². The summed E-state index contributed by atoms with van der Waals surface area (Å²) < 4.78 is 10.7. The summed E-state index contributed by atoms with van der Waals surface area (Å²) >= 11 is 0. The molecule has 0 aromatic rings. The van der Waals surface area contributed by atoms with Crippen LogP contribution in [0.25, 0.3) is 0 Å². The van der Waals surface area contributed by atoms with E-state index in [1.165, 1.54) is 0 Å². The Balaban J connectivity index is 2.37. The van der Waals surface area contributed by atoms with Crippen LogP contribution in [0.2, 0.25) is 0 Å². The Hall–Kier alpha value is -0.690. The lowest BCUT2D eigenvalue weighted by molar-refractivity contribution is -0.273. The molecule has 6 heteroatoms. The topological polar surface area (TPSA) is 96.2 Å². The van der Waals surface area contributed by atoms with Crippen LogP contribution in [0.4, 0.5) is 0 Å². The zero-order valence-corrected chi connectivity index (χ0v) is 10.1. The van der Waals surface area contributed by atoms with Crippen molar-refractivity contribution in [2.45, 2.75) is 63.8 Å². The van der Waals surface area contributed by atoms with E-state index in [9.17, 15) is 15.0 Å². The number of rotatable bonds is 5. The largest absolute Gasteiger partial charge is 0.481 e. The highest BCUT2D eigenvalue weighted by Gasteiger charge is 2.35. The average Bonchev–Trinajstić information content (AvgIpc) is 2.23. The summed E-state index contributed by atoms with van der Waals surface area (Å²) in [5, 5.41) is 27.6. The van der Waals surface area contributed by atoms with Crippen molar-refractivity contribution in [3.8, 4) is 0 Å². The third kappa shape index (κ3) is 4.59. The first kappa shape index (κ1) is 14.4. The molecule has 1 rings (SSSR count). The number of hydrogen-bond acceptors (Lipinski definition) is 5. The van der Waals surface area contributed by atoms with Crippen LogP contribution in [0.3, 0.4) is 0 Å². The van der Waals surface area contributed by atoms with E-state index in [-0.39, 0.29) is 18.9 Å². The maximum atomic E-state index is 10.4. The molecule has 0 bridgehead atoms. The molecule has 100 valence electrons. The van der Waals surface area contributed by atoms with Gasteiger partial charge in [-0.3, -0.25) is 4.79 Å². The minimum atomic E-state index is -0.881. The fourth-order valence-electron chi connectivity index (χ4n) is 1.69. The number of carboxylic acid groups (broad SMARTS) is 1. The van der Waals surface area contributed by atoms with E-state index in [0.29, 0.717) is 6.42 Å². The van der Waals surface area contributed by atoms with Gasteiger partial charge in [-0.1, -0.05) is 0 Å². The highest BCUT2D eigenvalue weighted by atomic mass is 16.7. The molecule has 1 fully saturated rings. The van der Waals surface area contributed by atoms with Crippen molar-refractivity contribution in [2.75, 3.05) is 0 Å². The number of carbonyl (C=O) groups is 1.